The zero-order valence-corrected chi connectivity index (χ0v) is 9.98. The summed E-state index contributed by atoms with van der Waals surface area (Å²) in [5.74, 6) is 0.305. The average molecular weight is 265 g/mol. The van der Waals surface area contributed by atoms with Gasteiger partial charge in [-0.1, -0.05) is 18.2 Å². The van der Waals surface area contributed by atoms with Crippen molar-refractivity contribution in [1.29, 1.82) is 0 Å². The molecule has 17 heavy (non-hydrogen) atoms. The Bertz CT molecular complexity index is 399. The molecule has 0 aromatic heterocycles. The number of hydrogen-bond acceptors (Lipinski definition) is 1. The maximum atomic E-state index is 12.6. The van der Waals surface area contributed by atoms with Crippen LogP contribution in [0.4, 0.5) is 13.2 Å². The van der Waals surface area contributed by atoms with Gasteiger partial charge < -0.3 is 4.74 Å². The normalized spacial score (nSPS) is 12.1. The average Bonchev–Trinajstić information content (AvgIpc) is 2.28. The molecule has 94 valence electrons. The van der Waals surface area contributed by atoms with E-state index in [4.69, 9.17) is 16.3 Å². The second kappa shape index (κ2) is 5.96. The highest BCUT2D eigenvalue weighted by molar-refractivity contribution is 6.17. The molecular weight excluding hydrogens is 253 g/mol. The second-order valence-corrected chi connectivity index (χ2v) is 3.72. The Morgan fingerprint density at radius 3 is 2.59 bits per heavy atom. The van der Waals surface area contributed by atoms with Crippen LogP contribution in [0.25, 0.3) is 6.08 Å². The topological polar surface area (TPSA) is 9.23 Å². The van der Waals surface area contributed by atoms with Gasteiger partial charge >= 0.3 is 6.18 Å². The Hall–Kier alpha value is -1.16. The van der Waals surface area contributed by atoms with E-state index in [1.807, 2.05) is 0 Å². The number of rotatable bonds is 4. The van der Waals surface area contributed by atoms with E-state index in [1.54, 1.807) is 12.2 Å². The van der Waals surface area contributed by atoms with E-state index in [9.17, 15) is 13.2 Å². The van der Waals surface area contributed by atoms with E-state index in [2.05, 4.69) is 0 Å². The molecule has 0 saturated heterocycles. The fraction of sp³-hybridized carbons (Fsp3) is 0.333. The molecule has 0 saturated carbocycles. The number of allylic oxidation sites excluding steroid dienone is 1. The number of methoxy groups -OCH3 is 1. The Labute approximate surface area is 103 Å². The molecular formula is C12H12ClF3O. The van der Waals surface area contributed by atoms with Gasteiger partial charge in [0, 0.05) is 5.88 Å². The number of ether oxygens (including phenoxy) is 1. The Balaban J connectivity index is 3.01. The summed E-state index contributed by atoms with van der Waals surface area (Å²) < 4.78 is 42.4. The maximum absolute atomic E-state index is 12.6. The van der Waals surface area contributed by atoms with E-state index < -0.39 is 11.7 Å². The van der Waals surface area contributed by atoms with Gasteiger partial charge in [0.15, 0.2) is 0 Å². The first-order valence-electron chi connectivity index (χ1n) is 4.96. The van der Waals surface area contributed by atoms with Gasteiger partial charge in [-0.05, 0) is 24.1 Å². The van der Waals surface area contributed by atoms with E-state index in [1.165, 1.54) is 19.2 Å². The van der Waals surface area contributed by atoms with Crippen molar-refractivity contribution < 1.29 is 17.9 Å². The standard InChI is InChI=1S/C12H12ClF3O/c1-17-11-8-9(4-2-3-7-13)5-6-10(11)12(14,15)16/h2,4-6,8H,3,7H2,1H3. The van der Waals surface area contributed by atoms with Gasteiger partial charge in [0.1, 0.15) is 5.75 Å². The number of alkyl halides is 4. The molecule has 0 bridgehead atoms. The smallest absolute Gasteiger partial charge is 0.419 e. The van der Waals surface area contributed by atoms with E-state index >= 15 is 0 Å². The highest BCUT2D eigenvalue weighted by Gasteiger charge is 2.34. The lowest BCUT2D eigenvalue weighted by molar-refractivity contribution is -0.138. The van der Waals surface area contributed by atoms with Crippen molar-refractivity contribution >= 4 is 17.7 Å². The third-order valence-electron chi connectivity index (χ3n) is 2.12. The van der Waals surface area contributed by atoms with Crippen LogP contribution in [0.15, 0.2) is 24.3 Å². The fourth-order valence-electron chi connectivity index (χ4n) is 1.33. The van der Waals surface area contributed by atoms with Gasteiger partial charge in [-0.15, -0.1) is 11.6 Å². The molecule has 0 aliphatic carbocycles. The Kier molecular flexibility index (Phi) is 4.87. The van der Waals surface area contributed by atoms with Gasteiger partial charge in [-0.3, -0.25) is 0 Å². The predicted octanol–water partition coefficient (Wildman–Crippen LogP) is 4.36. The van der Waals surface area contributed by atoms with E-state index in [-0.39, 0.29) is 5.75 Å². The molecule has 0 amide bonds. The number of benzene rings is 1. The molecule has 0 heterocycles. The minimum atomic E-state index is -4.40. The van der Waals surface area contributed by atoms with Crippen molar-refractivity contribution in [1.82, 2.24) is 0 Å². The SMILES string of the molecule is COc1cc(C=CCCCl)ccc1C(F)(F)F. The summed E-state index contributed by atoms with van der Waals surface area (Å²) in [7, 11) is 1.22. The first-order valence-corrected chi connectivity index (χ1v) is 5.50. The van der Waals surface area contributed by atoms with Crippen LogP contribution < -0.4 is 4.74 Å². The predicted molar refractivity (Wildman–Crippen MR) is 62.4 cm³/mol. The van der Waals surface area contributed by atoms with E-state index in [0.29, 0.717) is 17.9 Å². The minimum Gasteiger partial charge on any atom is -0.496 e. The summed E-state index contributed by atoms with van der Waals surface area (Å²) in [6, 6.07) is 3.77. The molecule has 1 rings (SSSR count). The summed E-state index contributed by atoms with van der Waals surface area (Å²) in [5.41, 5.74) is -0.116. The molecule has 5 heteroatoms. The van der Waals surface area contributed by atoms with Crippen LogP contribution in [0.2, 0.25) is 0 Å². The molecule has 1 nitrogen and oxygen atoms in total. The number of halogens is 4. The molecule has 0 fully saturated rings. The van der Waals surface area contributed by atoms with E-state index in [0.717, 1.165) is 6.07 Å². The minimum absolute atomic E-state index is 0.175. The zero-order valence-electron chi connectivity index (χ0n) is 9.22. The molecule has 0 atom stereocenters. The summed E-state index contributed by atoms with van der Waals surface area (Å²) >= 11 is 5.49. The fourth-order valence-corrected chi connectivity index (χ4v) is 1.45. The van der Waals surface area contributed by atoms with Crippen LogP contribution in [-0.2, 0) is 6.18 Å². The van der Waals surface area contributed by atoms with Gasteiger partial charge in [0.2, 0.25) is 0 Å². The molecule has 1 aromatic rings. The first kappa shape index (κ1) is 13.9. The summed E-state index contributed by atoms with van der Waals surface area (Å²) in [4.78, 5) is 0. The van der Waals surface area contributed by atoms with Crippen molar-refractivity contribution in [3.63, 3.8) is 0 Å². The van der Waals surface area contributed by atoms with Crippen molar-refractivity contribution in [3.05, 3.63) is 35.4 Å². The lowest BCUT2D eigenvalue weighted by Crippen LogP contribution is -2.07. The third kappa shape index (κ3) is 3.97. The summed E-state index contributed by atoms with van der Waals surface area (Å²) in [6.07, 6.45) is -0.214. The van der Waals surface area contributed by atoms with Crippen LogP contribution in [-0.4, -0.2) is 13.0 Å². The van der Waals surface area contributed by atoms with Gasteiger partial charge in [0.05, 0.1) is 12.7 Å². The van der Waals surface area contributed by atoms with Crippen LogP contribution in [0.3, 0.4) is 0 Å². The Morgan fingerprint density at radius 1 is 1.35 bits per heavy atom. The molecule has 0 N–H and O–H groups in total. The van der Waals surface area contributed by atoms with Crippen LogP contribution in [0.5, 0.6) is 5.75 Å². The highest BCUT2D eigenvalue weighted by atomic mass is 35.5. The van der Waals surface area contributed by atoms with Gasteiger partial charge in [-0.2, -0.15) is 13.2 Å². The molecule has 0 aliphatic heterocycles. The molecule has 1 aromatic carbocycles. The van der Waals surface area contributed by atoms with Crippen LogP contribution in [0, 0.1) is 0 Å². The van der Waals surface area contributed by atoms with Crippen LogP contribution in [0.1, 0.15) is 17.5 Å². The van der Waals surface area contributed by atoms with Gasteiger partial charge in [-0.25, -0.2) is 0 Å². The summed E-state index contributed by atoms with van der Waals surface area (Å²) in [5, 5.41) is 0. The quantitative estimate of drug-likeness (QED) is 0.735. The number of hydrogen-bond donors (Lipinski definition) is 0. The largest absolute Gasteiger partial charge is 0.496 e. The van der Waals surface area contributed by atoms with Crippen molar-refractivity contribution in [2.75, 3.05) is 13.0 Å². The lowest BCUT2D eigenvalue weighted by atomic mass is 10.1. The van der Waals surface area contributed by atoms with Crippen molar-refractivity contribution in [2.24, 2.45) is 0 Å². The first-order chi connectivity index (χ1) is 7.99. The maximum Gasteiger partial charge on any atom is 0.419 e. The second-order valence-electron chi connectivity index (χ2n) is 3.34. The summed E-state index contributed by atoms with van der Waals surface area (Å²) in [6.45, 7) is 0. The van der Waals surface area contributed by atoms with Crippen molar-refractivity contribution in [3.8, 4) is 5.75 Å². The van der Waals surface area contributed by atoms with Crippen LogP contribution >= 0.6 is 11.6 Å². The zero-order chi connectivity index (χ0) is 12.9. The molecule has 0 spiro atoms. The van der Waals surface area contributed by atoms with Crippen molar-refractivity contribution in [2.45, 2.75) is 12.6 Å². The molecule has 0 aliphatic rings. The molecule has 0 radical (unpaired) electrons. The lowest BCUT2D eigenvalue weighted by Gasteiger charge is -2.12. The highest BCUT2D eigenvalue weighted by Crippen LogP contribution is 2.36. The third-order valence-corrected chi connectivity index (χ3v) is 2.34. The monoisotopic (exact) mass is 264 g/mol. The van der Waals surface area contributed by atoms with Gasteiger partial charge in [0.25, 0.3) is 0 Å². The molecule has 0 unspecified atom stereocenters. The Morgan fingerprint density at radius 2 is 2.06 bits per heavy atom.